The summed E-state index contributed by atoms with van der Waals surface area (Å²) in [5.74, 6) is 0. The number of amides is 1. The molecule has 0 bridgehead atoms. The molecule has 2 aliphatic rings. The van der Waals surface area contributed by atoms with Crippen LogP contribution in [0.15, 0.2) is 6.20 Å². The van der Waals surface area contributed by atoms with Gasteiger partial charge >= 0.3 is 6.09 Å². The summed E-state index contributed by atoms with van der Waals surface area (Å²) in [7, 11) is 0. The third kappa shape index (κ3) is 3.61. The first-order chi connectivity index (χ1) is 10.6. The Bertz CT molecular complexity index is 506. The van der Waals surface area contributed by atoms with Crippen molar-refractivity contribution >= 4 is 6.09 Å². The Morgan fingerprint density at radius 3 is 2.86 bits per heavy atom. The zero-order valence-electron chi connectivity index (χ0n) is 13.5. The van der Waals surface area contributed by atoms with Crippen molar-refractivity contribution in [3.63, 3.8) is 0 Å². The van der Waals surface area contributed by atoms with E-state index in [4.69, 9.17) is 4.74 Å². The number of fused-ring (bicyclic) bond motifs is 1. The molecule has 3 rings (SSSR count). The predicted molar refractivity (Wildman–Crippen MR) is 83.7 cm³/mol. The van der Waals surface area contributed by atoms with Gasteiger partial charge in [-0.15, -0.1) is 0 Å². The van der Waals surface area contributed by atoms with Crippen LogP contribution in [-0.2, 0) is 17.6 Å². The lowest BCUT2D eigenvalue weighted by molar-refractivity contribution is 0.0671. The molecule has 122 valence electrons. The van der Waals surface area contributed by atoms with E-state index in [9.17, 15) is 4.79 Å². The van der Waals surface area contributed by atoms with Gasteiger partial charge in [0, 0.05) is 37.3 Å². The zero-order chi connectivity index (χ0) is 15.5. The Morgan fingerprint density at radius 1 is 1.36 bits per heavy atom. The molecule has 1 aromatic heterocycles. The molecule has 1 atom stereocenters. The van der Waals surface area contributed by atoms with Crippen LogP contribution in [-0.4, -0.2) is 52.5 Å². The molecular formula is C16H26N4O2. The van der Waals surface area contributed by atoms with Gasteiger partial charge in [-0.2, -0.15) is 5.10 Å². The standard InChI is InChI=1S/C16H26N4O2/c1-11(2)22-16(21)20-7-5-13(6-8-20)18-14-4-3-12-10-17-19-15(12)9-14/h10-11,13-14,18H,3-9H2,1-2H3,(H,17,19)/t14-/m1/s1. The first kappa shape index (κ1) is 15.3. The second kappa shape index (κ2) is 6.69. The molecule has 0 spiro atoms. The van der Waals surface area contributed by atoms with Crippen LogP contribution in [0.2, 0.25) is 0 Å². The molecule has 1 aromatic rings. The minimum Gasteiger partial charge on any atom is -0.447 e. The summed E-state index contributed by atoms with van der Waals surface area (Å²) in [6.07, 6.45) is 7.03. The Labute approximate surface area is 131 Å². The molecule has 0 radical (unpaired) electrons. The molecule has 6 nitrogen and oxygen atoms in total. The van der Waals surface area contributed by atoms with E-state index >= 15 is 0 Å². The van der Waals surface area contributed by atoms with Crippen molar-refractivity contribution in [2.45, 2.75) is 64.1 Å². The average Bonchev–Trinajstić information content (AvgIpc) is 2.95. The molecule has 2 heterocycles. The van der Waals surface area contributed by atoms with Gasteiger partial charge < -0.3 is 15.0 Å². The van der Waals surface area contributed by atoms with Crippen LogP contribution >= 0.6 is 0 Å². The Hall–Kier alpha value is -1.56. The lowest BCUT2D eigenvalue weighted by Gasteiger charge is -2.35. The number of carbonyl (C=O) groups excluding carboxylic acids is 1. The van der Waals surface area contributed by atoms with Gasteiger partial charge in [-0.3, -0.25) is 5.10 Å². The van der Waals surface area contributed by atoms with E-state index in [0.717, 1.165) is 38.8 Å². The van der Waals surface area contributed by atoms with Crippen molar-refractivity contribution in [3.05, 3.63) is 17.5 Å². The number of aromatic amines is 1. The summed E-state index contributed by atoms with van der Waals surface area (Å²) in [5.41, 5.74) is 2.64. The fourth-order valence-electron chi connectivity index (χ4n) is 3.39. The highest BCUT2D eigenvalue weighted by Crippen LogP contribution is 2.21. The number of aryl methyl sites for hydroxylation is 1. The molecule has 0 aromatic carbocycles. The van der Waals surface area contributed by atoms with Gasteiger partial charge in [0.05, 0.1) is 12.3 Å². The Balaban J connectivity index is 1.44. The average molecular weight is 306 g/mol. The van der Waals surface area contributed by atoms with Gasteiger partial charge in [0.1, 0.15) is 0 Å². The van der Waals surface area contributed by atoms with Crippen molar-refractivity contribution in [1.29, 1.82) is 0 Å². The normalized spacial score (nSPS) is 22.7. The van der Waals surface area contributed by atoms with E-state index in [1.54, 1.807) is 0 Å². The molecule has 2 N–H and O–H groups in total. The van der Waals surface area contributed by atoms with Gasteiger partial charge in [0.2, 0.25) is 0 Å². The molecule has 0 unspecified atom stereocenters. The van der Waals surface area contributed by atoms with Gasteiger partial charge in [0.15, 0.2) is 0 Å². The van der Waals surface area contributed by atoms with Crippen LogP contribution in [0.3, 0.4) is 0 Å². The van der Waals surface area contributed by atoms with Crippen molar-refractivity contribution in [1.82, 2.24) is 20.4 Å². The van der Waals surface area contributed by atoms with E-state index < -0.39 is 0 Å². The van der Waals surface area contributed by atoms with Crippen molar-refractivity contribution in [2.24, 2.45) is 0 Å². The maximum atomic E-state index is 11.9. The van der Waals surface area contributed by atoms with Crippen LogP contribution < -0.4 is 5.32 Å². The minimum atomic E-state index is -0.173. The first-order valence-corrected chi connectivity index (χ1v) is 8.34. The van der Waals surface area contributed by atoms with Gasteiger partial charge in [0.25, 0.3) is 0 Å². The maximum Gasteiger partial charge on any atom is 0.410 e. The molecule has 1 fully saturated rings. The molecule has 1 aliphatic carbocycles. The summed E-state index contributed by atoms with van der Waals surface area (Å²) in [4.78, 5) is 13.7. The lowest BCUT2D eigenvalue weighted by atomic mass is 9.92. The number of hydrogen-bond acceptors (Lipinski definition) is 4. The number of piperidine rings is 1. The second-order valence-electron chi connectivity index (χ2n) is 6.67. The molecule has 1 aliphatic heterocycles. The number of likely N-dealkylation sites (tertiary alicyclic amines) is 1. The third-order valence-electron chi connectivity index (χ3n) is 4.58. The number of hydrogen-bond donors (Lipinski definition) is 2. The zero-order valence-corrected chi connectivity index (χ0v) is 13.5. The predicted octanol–water partition coefficient (Wildman–Crippen LogP) is 1.87. The highest BCUT2D eigenvalue weighted by Gasteiger charge is 2.27. The van der Waals surface area contributed by atoms with E-state index in [2.05, 4.69) is 15.5 Å². The molecule has 0 saturated carbocycles. The van der Waals surface area contributed by atoms with Crippen LogP contribution in [0.1, 0.15) is 44.4 Å². The van der Waals surface area contributed by atoms with E-state index in [1.807, 2.05) is 24.9 Å². The summed E-state index contributed by atoms with van der Waals surface area (Å²) >= 11 is 0. The molecular weight excluding hydrogens is 280 g/mol. The van der Waals surface area contributed by atoms with Crippen LogP contribution in [0.4, 0.5) is 4.79 Å². The number of rotatable bonds is 3. The smallest absolute Gasteiger partial charge is 0.410 e. The monoisotopic (exact) mass is 306 g/mol. The number of H-pyrrole nitrogens is 1. The Morgan fingerprint density at radius 2 is 2.14 bits per heavy atom. The van der Waals surface area contributed by atoms with E-state index in [1.165, 1.54) is 17.7 Å². The fourth-order valence-corrected chi connectivity index (χ4v) is 3.39. The first-order valence-electron chi connectivity index (χ1n) is 8.34. The lowest BCUT2D eigenvalue weighted by Crippen LogP contribution is -2.49. The number of aromatic nitrogens is 2. The summed E-state index contributed by atoms with van der Waals surface area (Å²) in [6.45, 7) is 5.34. The Kier molecular flexibility index (Phi) is 4.66. The van der Waals surface area contributed by atoms with Crippen molar-refractivity contribution in [2.75, 3.05) is 13.1 Å². The highest BCUT2D eigenvalue weighted by molar-refractivity contribution is 5.67. The van der Waals surface area contributed by atoms with Crippen molar-refractivity contribution < 1.29 is 9.53 Å². The van der Waals surface area contributed by atoms with Gasteiger partial charge in [-0.05, 0) is 45.1 Å². The van der Waals surface area contributed by atoms with Crippen molar-refractivity contribution in [3.8, 4) is 0 Å². The maximum absolute atomic E-state index is 11.9. The number of nitrogens with zero attached hydrogens (tertiary/aromatic N) is 2. The summed E-state index contributed by atoms with van der Waals surface area (Å²) < 4.78 is 5.26. The van der Waals surface area contributed by atoms with Gasteiger partial charge in [-0.1, -0.05) is 0 Å². The van der Waals surface area contributed by atoms with E-state index in [0.29, 0.717) is 12.1 Å². The SMILES string of the molecule is CC(C)OC(=O)N1CCC(N[C@@H]2CCc3cn[nH]c3C2)CC1. The highest BCUT2D eigenvalue weighted by atomic mass is 16.6. The van der Waals surface area contributed by atoms with Crippen LogP contribution in [0.5, 0.6) is 0 Å². The number of ether oxygens (including phenoxy) is 1. The summed E-state index contributed by atoms with van der Waals surface area (Å²) in [5, 5.41) is 11.0. The molecule has 1 amide bonds. The topological polar surface area (TPSA) is 70.2 Å². The fraction of sp³-hybridized carbons (Fsp3) is 0.750. The van der Waals surface area contributed by atoms with Gasteiger partial charge in [-0.25, -0.2) is 4.79 Å². The quantitative estimate of drug-likeness (QED) is 0.894. The third-order valence-corrected chi connectivity index (χ3v) is 4.58. The number of nitrogens with one attached hydrogen (secondary N) is 2. The van der Waals surface area contributed by atoms with Crippen LogP contribution in [0.25, 0.3) is 0 Å². The molecule has 6 heteroatoms. The largest absolute Gasteiger partial charge is 0.447 e. The molecule has 1 saturated heterocycles. The van der Waals surface area contributed by atoms with E-state index in [-0.39, 0.29) is 12.2 Å². The summed E-state index contributed by atoms with van der Waals surface area (Å²) in [6, 6.07) is 1.02. The van der Waals surface area contributed by atoms with Crippen LogP contribution in [0, 0.1) is 0 Å². The molecule has 22 heavy (non-hydrogen) atoms. The number of carbonyl (C=O) groups is 1. The second-order valence-corrected chi connectivity index (χ2v) is 6.67. The minimum absolute atomic E-state index is 0.0470.